The maximum Gasteiger partial charge on any atom is 0.316 e. The lowest BCUT2D eigenvalue weighted by Gasteiger charge is -2.20. The number of carbonyl (C=O) groups is 2. The molecule has 21 heavy (non-hydrogen) atoms. The quantitative estimate of drug-likeness (QED) is 0.870. The molecule has 2 aromatic rings. The van der Waals surface area contributed by atoms with Crippen molar-refractivity contribution >= 4 is 17.5 Å². The van der Waals surface area contributed by atoms with Crippen LogP contribution in [0.1, 0.15) is 12.5 Å². The Labute approximate surface area is 123 Å². The van der Waals surface area contributed by atoms with Crippen molar-refractivity contribution < 1.29 is 9.59 Å². The van der Waals surface area contributed by atoms with E-state index in [1.54, 1.807) is 30.6 Å². The summed E-state index contributed by atoms with van der Waals surface area (Å²) >= 11 is 0. The molecule has 5 heteroatoms. The predicted molar refractivity (Wildman–Crippen MR) is 80.6 cm³/mol. The first-order chi connectivity index (χ1) is 10.2. The van der Waals surface area contributed by atoms with Crippen molar-refractivity contribution in [2.45, 2.75) is 13.5 Å². The zero-order valence-corrected chi connectivity index (χ0v) is 11.8. The summed E-state index contributed by atoms with van der Waals surface area (Å²) in [5, 5.41) is 2.61. The fourth-order valence-electron chi connectivity index (χ4n) is 1.93. The van der Waals surface area contributed by atoms with Crippen molar-refractivity contribution in [3.05, 3.63) is 60.4 Å². The van der Waals surface area contributed by atoms with E-state index in [9.17, 15) is 9.59 Å². The Morgan fingerprint density at radius 2 is 1.90 bits per heavy atom. The molecule has 0 spiro atoms. The van der Waals surface area contributed by atoms with Gasteiger partial charge >= 0.3 is 11.8 Å². The smallest absolute Gasteiger partial charge is 0.316 e. The maximum atomic E-state index is 12.2. The van der Waals surface area contributed by atoms with Crippen molar-refractivity contribution in [1.29, 1.82) is 0 Å². The zero-order valence-electron chi connectivity index (χ0n) is 11.8. The highest BCUT2D eigenvalue weighted by Gasteiger charge is 2.21. The molecule has 1 N–H and O–H groups in total. The second-order valence-corrected chi connectivity index (χ2v) is 4.43. The second-order valence-electron chi connectivity index (χ2n) is 4.43. The number of anilines is 1. The summed E-state index contributed by atoms with van der Waals surface area (Å²) < 4.78 is 0. The van der Waals surface area contributed by atoms with Crippen LogP contribution in [-0.4, -0.2) is 23.3 Å². The Bertz CT molecular complexity index is 599. The van der Waals surface area contributed by atoms with Gasteiger partial charge in [-0.25, -0.2) is 0 Å². The number of nitrogens with one attached hydrogen (secondary N) is 1. The molecule has 0 unspecified atom stereocenters. The summed E-state index contributed by atoms with van der Waals surface area (Å²) in [4.78, 5) is 29.6. The third-order valence-electron chi connectivity index (χ3n) is 3.00. The summed E-state index contributed by atoms with van der Waals surface area (Å²) in [7, 11) is 0. The van der Waals surface area contributed by atoms with Crippen LogP contribution < -0.4 is 10.2 Å². The average Bonchev–Trinajstić information content (AvgIpc) is 2.55. The van der Waals surface area contributed by atoms with E-state index < -0.39 is 11.8 Å². The molecular weight excluding hydrogens is 266 g/mol. The van der Waals surface area contributed by atoms with Gasteiger partial charge in [-0.15, -0.1) is 0 Å². The average molecular weight is 283 g/mol. The van der Waals surface area contributed by atoms with Gasteiger partial charge in [-0.05, 0) is 30.7 Å². The van der Waals surface area contributed by atoms with Gasteiger partial charge in [-0.3, -0.25) is 14.6 Å². The first-order valence-electron chi connectivity index (χ1n) is 6.76. The molecule has 0 saturated carbocycles. The van der Waals surface area contributed by atoms with E-state index in [0.717, 1.165) is 5.56 Å². The highest BCUT2D eigenvalue weighted by molar-refractivity contribution is 6.40. The second kappa shape index (κ2) is 7.19. The number of hydrogen-bond acceptors (Lipinski definition) is 3. The molecule has 0 fully saturated rings. The highest BCUT2D eigenvalue weighted by atomic mass is 16.2. The van der Waals surface area contributed by atoms with E-state index in [-0.39, 0.29) is 6.54 Å². The number of aromatic nitrogens is 1. The molecule has 5 nitrogen and oxygen atoms in total. The van der Waals surface area contributed by atoms with Crippen molar-refractivity contribution in [1.82, 2.24) is 10.3 Å². The van der Waals surface area contributed by atoms with Crippen LogP contribution in [0.4, 0.5) is 5.69 Å². The van der Waals surface area contributed by atoms with Gasteiger partial charge in [-0.1, -0.05) is 24.3 Å². The monoisotopic (exact) mass is 283 g/mol. The standard InChI is InChI=1S/C16H17N3O2/c1-2-19(14-8-4-3-5-9-14)16(21)15(20)18-12-13-7-6-10-17-11-13/h3-11H,2,12H2,1H3,(H,18,20). The minimum Gasteiger partial charge on any atom is -0.344 e. The van der Waals surface area contributed by atoms with Crippen LogP contribution in [0.15, 0.2) is 54.9 Å². The topological polar surface area (TPSA) is 62.3 Å². The zero-order chi connectivity index (χ0) is 15.1. The number of nitrogens with zero attached hydrogens (tertiary/aromatic N) is 2. The lowest BCUT2D eigenvalue weighted by molar-refractivity contribution is -0.137. The first kappa shape index (κ1) is 14.7. The first-order valence-corrected chi connectivity index (χ1v) is 6.76. The molecule has 0 radical (unpaired) electrons. The van der Waals surface area contributed by atoms with E-state index in [1.807, 2.05) is 31.2 Å². The van der Waals surface area contributed by atoms with E-state index in [4.69, 9.17) is 0 Å². The Morgan fingerprint density at radius 3 is 2.52 bits per heavy atom. The molecular formula is C16H17N3O2. The number of amides is 2. The lowest BCUT2D eigenvalue weighted by atomic mass is 10.2. The molecule has 0 atom stereocenters. The van der Waals surface area contributed by atoms with Crippen molar-refractivity contribution in [3.8, 4) is 0 Å². The van der Waals surface area contributed by atoms with Gasteiger partial charge in [-0.2, -0.15) is 0 Å². The largest absolute Gasteiger partial charge is 0.344 e. The van der Waals surface area contributed by atoms with Crippen molar-refractivity contribution in [2.24, 2.45) is 0 Å². The summed E-state index contributed by atoms with van der Waals surface area (Å²) in [5.41, 5.74) is 1.56. The summed E-state index contributed by atoms with van der Waals surface area (Å²) in [5.74, 6) is -1.18. The number of likely N-dealkylation sites (N-methyl/N-ethyl adjacent to an activating group) is 1. The summed E-state index contributed by atoms with van der Waals surface area (Å²) in [6, 6.07) is 12.8. The Balaban J connectivity index is 1.99. The lowest BCUT2D eigenvalue weighted by Crippen LogP contribution is -2.42. The molecule has 0 aliphatic rings. The van der Waals surface area contributed by atoms with Gasteiger partial charge in [0, 0.05) is 31.2 Å². The van der Waals surface area contributed by atoms with Gasteiger partial charge < -0.3 is 10.2 Å². The number of benzene rings is 1. The van der Waals surface area contributed by atoms with E-state index >= 15 is 0 Å². The van der Waals surface area contributed by atoms with Crippen LogP contribution in [0.5, 0.6) is 0 Å². The van der Waals surface area contributed by atoms with Crippen LogP contribution in [0.2, 0.25) is 0 Å². The van der Waals surface area contributed by atoms with Gasteiger partial charge in [0.25, 0.3) is 0 Å². The minimum absolute atomic E-state index is 0.282. The van der Waals surface area contributed by atoms with Crippen LogP contribution >= 0.6 is 0 Å². The Kier molecular flexibility index (Phi) is 5.04. The molecule has 0 bridgehead atoms. The third kappa shape index (κ3) is 3.89. The van der Waals surface area contributed by atoms with Crippen molar-refractivity contribution in [2.75, 3.05) is 11.4 Å². The molecule has 1 aromatic carbocycles. The minimum atomic E-state index is -0.621. The van der Waals surface area contributed by atoms with Crippen molar-refractivity contribution in [3.63, 3.8) is 0 Å². The fraction of sp³-hybridized carbons (Fsp3) is 0.188. The van der Waals surface area contributed by atoms with E-state index in [1.165, 1.54) is 4.90 Å². The number of para-hydroxylation sites is 1. The van der Waals surface area contributed by atoms with Gasteiger partial charge in [0.1, 0.15) is 0 Å². The van der Waals surface area contributed by atoms with Crippen LogP contribution in [-0.2, 0) is 16.1 Å². The predicted octanol–water partition coefficient (Wildman–Crippen LogP) is 1.75. The normalized spacial score (nSPS) is 9.95. The molecule has 108 valence electrons. The molecule has 2 rings (SSSR count). The number of carbonyl (C=O) groups excluding carboxylic acids is 2. The fourth-order valence-corrected chi connectivity index (χ4v) is 1.93. The number of hydrogen-bond donors (Lipinski definition) is 1. The van der Waals surface area contributed by atoms with Gasteiger partial charge in [0.2, 0.25) is 0 Å². The molecule has 1 aromatic heterocycles. The number of rotatable bonds is 4. The van der Waals surface area contributed by atoms with Gasteiger partial charge in [0.15, 0.2) is 0 Å². The molecule has 2 amide bonds. The number of pyridine rings is 1. The molecule has 0 saturated heterocycles. The Morgan fingerprint density at radius 1 is 1.14 bits per heavy atom. The molecule has 1 heterocycles. The highest BCUT2D eigenvalue weighted by Crippen LogP contribution is 2.12. The summed E-state index contributed by atoms with van der Waals surface area (Å²) in [6.45, 7) is 2.55. The van der Waals surface area contributed by atoms with Crippen LogP contribution in [0.25, 0.3) is 0 Å². The summed E-state index contributed by atoms with van der Waals surface area (Å²) in [6.07, 6.45) is 3.31. The van der Waals surface area contributed by atoms with E-state index in [2.05, 4.69) is 10.3 Å². The maximum absolute atomic E-state index is 12.2. The third-order valence-corrected chi connectivity index (χ3v) is 3.00. The SMILES string of the molecule is CCN(C(=O)C(=O)NCc1cccnc1)c1ccccc1. The van der Waals surface area contributed by atoms with Gasteiger partial charge in [0.05, 0.1) is 0 Å². The molecule has 0 aliphatic carbocycles. The molecule has 0 aliphatic heterocycles. The van der Waals surface area contributed by atoms with Crippen LogP contribution in [0.3, 0.4) is 0 Å². The Hall–Kier alpha value is -2.69. The van der Waals surface area contributed by atoms with Crippen LogP contribution in [0, 0.1) is 0 Å². The van der Waals surface area contributed by atoms with E-state index in [0.29, 0.717) is 12.2 Å².